The Kier molecular flexibility index (Phi) is 20.5. The van der Waals surface area contributed by atoms with Crippen LogP contribution >= 0.6 is 0 Å². The van der Waals surface area contributed by atoms with Gasteiger partial charge in [-0.15, -0.1) is 0 Å². The molecule has 8 rings (SSSR count). The second-order valence-corrected chi connectivity index (χ2v) is 21.5. The van der Waals surface area contributed by atoms with Crippen molar-refractivity contribution < 1.29 is 74.4 Å². The Morgan fingerprint density at radius 3 is 2.24 bits per heavy atom. The molecule has 5 aliphatic rings. The maximum atomic E-state index is 15.3. The maximum Gasteiger partial charge on any atom is 0.417 e. The van der Waals surface area contributed by atoms with E-state index in [0.29, 0.717) is 71.2 Å². The molecule has 0 unspecified atom stereocenters. The van der Waals surface area contributed by atoms with Gasteiger partial charge >= 0.3 is 6.18 Å². The zero-order valence-corrected chi connectivity index (χ0v) is 44.7. The van der Waals surface area contributed by atoms with E-state index in [4.69, 9.17) is 29.4 Å². The molecule has 5 fully saturated rings. The lowest BCUT2D eigenvalue weighted by Gasteiger charge is -2.29. The zero-order chi connectivity index (χ0) is 57.0. The summed E-state index contributed by atoms with van der Waals surface area (Å²) < 4.78 is 101. The van der Waals surface area contributed by atoms with E-state index in [1.54, 1.807) is 12.4 Å². The van der Waals surface area contributed by atoms with Gasteiger partial charge in [0.1, 0.15) is 18.4 Å². The summed E-state index contributed by atoms with van der Waals surface area (Å²) in [5.74, 6) is -7.92. The van der Waals surface area contributed by atoms with Gasteiger partial charge in [-0.3, -0.25) is 38.7 Å². The summed E-state index contributed by atoms with van der Waals surface area (Å²) in [4.78, 5) is 86.9. The molecule has 0 bridgehead atoms. The highest BCUT2D eigenvalue weighted by Crippen LogP contribution is 2.52. The first kappa shape index (κ1) is 59.7. The third kappa shape index (κ3) is 15.5. The number of halogens is 5. The first-order valence-electron chi connectivity index (χ1n) is 27.7. The summed E-state index contributed by atoms with van der Waals surface area (Å²) in [6.07, 6.45) is 6.42. The van der Waals surface area contributed by atoms with Gasteiger partial charge in [-0.2, -0.15) is 17.6 Å². The number of anilines is 1. The fourth-order valence-electron chi connectivity index (χ4n) is 11.2. The van der Waals surface area contributed by atoms with Gasteiger partial charge in [0.05, 0.1) is 37.4 Å². The highest BCUT2D eigenvalue weighted by Gasteiger charge is 2.61. The minimum atomic E-state index is -4.96. The summed E-state index contributed by atoms with van der Waals surface area (Å²) in [6, 6.07) is 7.78. The molecule has 0 spiro atoms. The Morgan fingerprint density at radius 2 is 1.55 bits per heavy atom. The fourth-order valence-corrected chi connectivity index (χ4v) is 11.2. The van der Waals surface area contributed by atoms with E-state index in [2.05, 4.69) is 31.2 Å². The van der Waals surface area contributed by atoms with Crippen molar-refractivity contribution in [3.8, 4) is 5.75 Å². The number of nitrogens with one attached hydrogen (secondary N) is 4. The van der Waals surface area contributed by atoms with E-state index in [0.717, 1.165) is 75.4 Å². The Labute approximate surface area is 460 Å². The van der Waals surface area contributed by atoms with Crippen LogP contribution in [0.1, 0.15) is 137 Å². The second kappa shape index (κ2) is 27.4. The normalized spacial score (nSPS) is 25.9. The molecule has 19 nitrogen and oxygen atoms in total. The van der Waals surface area contributed by atoms with Gasteiger partial charge in [0.25, 0.3) is 11.8 Å². The maximum absolute atomic E-state index is 15.3. The van der Waals surface area contributed by atoms with Crippen molar-refractivity contribution in [1.82, 2.24) is 30.8 Å². The largest absolute Gasteiger partial charge is 0.488 e. The Balaban J connectivity index is 0.655. The molecule has 2 saturated heterocycles. The molecule has 3 aromatic rings. The molecule has 3 aliphatic carbocycles. The highest BCUT2D eigenvalue weighted by atomic mass is 19.4. The van der Waals surface area contributed by atoms with Crippen molar-refractivity contribution in [1.29, 1.82) is 0 Å². The van der Waals surface area contributed by atoms with Crippen LogP contribution in [0.25, 0.3) is 0 Å². The molecule has 1 aromatic carbocycles. The molecular formula is C56H71F5N8O11. The second-order valence-electron chi connectivity index (χ2n) is 21.5. The van der Waals surface area contributed by atoms with Gasteiger partial charge in [-0.1, -0.05) is 12.1 Å². The molecule has 4 heterocycles. The Hall–Kier alpha value is -6.37. The number of ether oxygens (including phenoxy) is 5. The summed E-state index contributed by atoms with van der Waals surface area (Å²) in [5, 5.41) is 11.4. The molecule has 6 N–H and O–H groups in total. The summed E-state index contributed by atoms with van der Waals surface area (Å²) in [5.41, 5.74) is 2.80. The molecule has 24 heteroatoms. The number of nitrogens with zero attached hydrogens (tertiary/aromatic N) is 3. The molecule has 3 saturated carbocycles. The number of alkyl halides is 3. The monoisotopic (exact) mass is 1130 g/mol. The van der Waals surface area contributed by atoms with Gasteiger partial charge < -0.3 is 55.6 Å². The van der Waals surface area contributed by atoms with Gasteiger partial charge in [-0.25, -0.2) is 4.39 Å². The highest BCUT2D eigenvalue weighted by molar-refractivity contribution is 5.97. The van der Waals surface area contributed by atoms with E-state index >= 15 is 4.39 Å². The predicted octanol–water partition coefficient (Wildman–Crippen LogP) is 6.26. The van der Waals surface area contributed by atoms with Crippen LogP contribution in [-0.2, 0) is 42.9 Å². The quantitative estimate of drug-likeness (QED) is 0.0441. The lowest BCUT2D eigenvalue weighted by atomic mass is 9.85. The average Bonchev–Trinajstić information content (AvgIpc) is 4.17. The third-order valence-corrected chi connectivity index (χ3v) is 15.6. The number of likely N-dealkylation sites (tertiary alicyclic amines) is 1. The van der Waals surface area contributed by atoms with Crippen molar-refractivity contribution >= 4 is 41.1 Å². The average molecular weight is 1130 g/mol. The molecule has 5 atom stereocenters. The smallest absolute Gasteiger partial charge is 0.417 e. The number of nitrogens with two attached hydrogens (primary N) is 1. The summed E-state index contributed by atoms with van der Waals surface area (Å²) >= 11 is 0. The van der Waals surface area contributed by atoms with Crippen molar-refractivity contribution in [3.05, 3.63) is 83.4 Å². The van der Waals surface area contributed by atoms with Gasteiger partial charge in [0, 0.05) is 92.9 Å². The zero-order valence-electron chi connectivity index (χ0n) is 44.7. The Bertz CT molecular complexity index is 2640. The standard InChI is InChI=1S/C56H71F5N8O11/c1-55(56(59,60)61)31-42(50(80-55)54(75)68-36-19-22-64-44(29-36)51(62)72)40-17-18-43(57)47(58)49(40)79-28-27-76-24-4-21-65-52(73)33-7-9-35(10-8-33)67-45(70)6-3-25-77-38-13-15-39(16-14-38)78-26-23-66-53(74)41-30-46(71)69(37-11-12-37)48(41)34-5-2-20-63-32-34/h2,5,17-20,22,29,32-33,35,37-39,41-42,48,50H,3-4,6-16,21,23-28,30-31H2,1H3,(H2,62,72)(H,65,73)(H,66,74)(H,67,70)(H,64,68,75)/t33?,35?,38?,39?,41-,42-,48+,50+,55+/m0/s1. The van der Waals surface area contributed by atoms with Crippen molar-refractivity contribution in [2.45, 2.75) is 157 Å². The SMILES string of the molecule is C[C@]1(C(F)(F)F)C[C@@H](c2ccc(F)c(F)c2OCCOCCCNC(=O)C2CCC(NC(=O)CCCOC3CCC(OCCNC(=O)[C@H]4CC(=O)N(C5CC5)[C@@H]4c4cccnc4)CC3)CC2)[C@H](C(=O)Nc2ccnc(C(N)=O)c2)O1. The number of carbonyl (C=O) groups excluding carboxylic acids is 6. The van der Waals surface area contributed by atoms with Gasteiger partial charge in [-0.05, 0) is 120 Å². The van der Waals surface area contributed by atoms with Crippen LogP contribution in [0.4, 0.5) is 27.6 Å². The van der Waals surface area contributed by atoms with Crippen LogP contribution < -0.4 is 31.7 Å². The lowest BCUT2D eigenvalue weighted by molar-refractivity contribution is -0.261. The number of pyridine rings is 2. The molecule has 6 amide bonds. The molecule has 80 heavy (non-hydrogen) atoms. The van der Waals surface area contributed by atoms with Gasteiger partial charge in [0.2, 0.25) is 29.4 Å². The number of amides is 6. The fraction of sp³-hybridized carbons (Fsp3) is 0.607. The number of carbonyl (C=O) groups is 6. The molecule has 436 valence electrons. The van der Waals surface area contributed by atoms with E-state index in [1.807, 2.05) is 17.0 Å². The van der Waals surface area contributed by atoms with Crippen LogP contribution in [0.2, 0.25) is 0 Å². The van der Waals surface area contributed by atoms with Gasteiger partial charge in [0.15, 0.2) is 17.2 Å². The van der Waals surface area contributed by atoms with E-state index in [9.17, 15) is 46.3 Å². The van der Waals surface area contributed by atoms with Crippen LogP contribution in [0.5, 0.6) is 5.75 Å². The van der Waals surface area contributed by atoms with E-state index in [-0.39, 0.29) is 103 Å². The lowest BCUT2D eigenvalue weighted by Crippen LogP contribution is -2.43. The number of benzene rings is 1. The van der Waals surface area contributed by atoms with E-state index in [1.165, 1.54) is 6.07 Å². The predicted molar refractivity (Wildman–Crippen MR) is 277 cm³/mol. The third-order valence-electron chi connectivity index (χ3n) is 15.6. The number of hydrogen-bond acceptors (Lipinski definition) is 13. The minimum absolute atomic E-state index is 0.0158. The summed E-state index contributed by atoms with van der Waals surface area (Å²) in [6.45, 7) is 1.93. The molecule has 2 aliphatic heterocycles. The van der Waals surface area contributed by atoms with Crippen LogP contribution in [-0.4, -0.2) is 139 Å². The Morgan fingerprint density at radius 1 is 0.825 bits per heavy atom. The van der Waals surface area contributed by atoms with Crippen molar-refractivity contribution in [3.63, 3.8) is 0 Å². The number of primary amides is 1. The van der Waals surface area contributed by atoms with Crippen LogP contribution in [0.3, 0.4) is 0 Å². The molecular weight excluding hydrogens is 1060 g/mol. The number of aromatic nitrogens is 2. The topological polar surface area (TPSA) is 252 Å². The van der Waals surface area contributed by atoms with Crippen molar-refractivity contribution in [2.75, 3.05) is 51.4 Å². The first-order chi connectivity index (χ1) is 38.4. The molecule has 2 aromatic heterocycles. The summed E-state index contributed by atoms with van der Waals surface area (Å²) in [7, 11) is 0. The van der Waals surface area contributed by atoms with E-state index < -0.39 is 65.3 Å². The van der Waals surface area contributed by atoms with Crippen LogP contribution in [0.15, 0.2) is 55.0 Å². The molecule has 0 radical (unpaired) electrons. The number of hydrogen-bond donors (Lipinski definition) is 5. The van der Waals surface area contributed by atoms with Crippen LogP contribution in [0, 0.1) is 23.5 Å². The first-order valence-corrected chi connectivity index (χ1v) is 27.7. The van der Waals surface area contributed by atoms with Crippen molar-refractivity contribution in [2.24, 2.45) is 17.6 Å². The number of rotatable bonds is 26. The minimum Gasteiger partial charge on any atom is -0.488 e.